The third kappa shape index (κ3) is 5.37. The maximum absolute atomic E-state index is 10.7. The van der Waals surface area contributed by atoms with Gasteiger partial charge in [-0.25, -0.2) is 0 Å². The van der Waals surface area contributed by atoms with E-state index in [1.807, 2.05) is 30.3 Å². The largest absolute Gasteiger partial charge is 0.454 e. The van der Waals surface area contributed by atoms with Crippen molar-refractivity contribution in [3.8, 4) is 11.5 Å². The first kappa shape index (κ1) is 19.5. The summed E-state index contributed by atoms with van der Waals surface area (Å²) in [6.07, 6.45) is 0.212. The fourth-order valence-corrected chi connectivity index (χ4v) is 3.68. The summed E-state index contributed by atoms with van der Waals surface area (Å²) in [5.41, 5.74) is 4.79. The summed E-state index contributed by atoms with van der Waals surface area (Å²) in [5.74, 6) is 1.59. The number of aliphatic hydroxyl groups excluding tert-OH is 1. The number of fused-ring (bicyclic) bond motifs is 1. The second-order valence-corrected chi connectivity index (χ2v) is 7.69. The van der Waals surface area contributed by atoms with Gasteiger partial charge in [0.1, 0.15) is 0 Å². The highest BCUT2D eigenvalue weighted by Gasteiger charge is 2.17. The molecule has 0 aliphatic carbocycles. The minimum Gasteiger partial charge on any atom is -0.454 e. The Morgan fingerprint density at radius 3 is 2.31 bits per heavy atom. The molecule has 1 atom stereocenters. The van der Waals surface area contributed by atoms with Gasteiger partial charge in [-0.1, -0.05) is 66.2 Å². The molecule has 4 heteroatoms. The van der Waals surface area contributed by atoms with Crippen LogP contribution in [0.1, 0.15) is 22.3 Å². The lowest BCUT2D eigenvalue weighted by atomic mass is 10.1. The molecule has 0 spiro atoms. The summed E-state index contributed by atoms with van der Waals surface area (Å²) < 4.78 is 10.9. The third-order valence-electron chi connectivity index (χ3n) is 5.15. The van der Waals surface area contributed by atoms with Gasteiger partial charge in [0.05, 0.1) is 6.10 Å². The lowest BCUT2D eigenvalue weighted by Crippen LogP contribution is -2.33. The standard InChI is InChI=1S/C25H27NO3/c1-19-7-9-21(10-8-19)15-26(17-23(27)13-20-5-3-2-4-6-20)16-22-11-12-24-25(14-22)29-18-28-24/h2-12,14,23,27H,13,15-18H2,1H3/t23-/m0/s1. The number of hydrogen-bond donors (Lipinski definition) is 1. The van der Waals surface area contributed by atoms with Crippen LogP contribution in [0.25, 0.3) is 0 Å². The summed E-state index contributed by atoms with van der Waals surface area (Å²) >= 11 is 0. The van der Waals surface area contributed by atoms with Crippen LogP contribution in [-0.2, 0) is 19.5 Å². The Bertz CT molecular complexity index is 925. The fraction of sp³-hybridized carbons (Fsp3) is 0.280. The van der Waals surface area contributed by atoms with E-state index in [4.69, 9.17) is 9.47 Å². The van der Waals surface area contributed by atoms with Crippen LogP contribution in [0.4, 0.5) is 0 Å². The second kappa shape index (κ2) is 9.12. The summed E-state index contributed by atoms with van der Waals surface area (Å²) in [4.78, 5) is 2.29. The molecular weight excluding hydrogens is 362 g/mol. The Morgan fingerprint density at radius 1 is 0.828 bits per heavy atom. The topological polar surface area (TPSA) is 41.9 Å². The molecule has 1 heterocycles. The maximum Gasteiger partial charge on any atom is 0.231 e. The van der Waals surface area contributed by atoms with Crippen molar-refractivity contribution in [3.05, 3.63) is 95.1 Å². The molecule has 0 fully saturated rings. The molecule has 0 radical (unpaired) electrons. The number of aliphatic hydroxyl groups is 1. The van der Waals surface area contributed by atoms with Crippen molar-refractivity contribution in [2.24, 2.45) is 0 Å². The highest BCUT2D eigenvalue weighted by Crippen LogP contribution is 2.33. The Kier molecular flexibility index (Phi) is 6.13. The smallest absolute Gasteiger partial charge is 0.231 e. The molecule has 1 aliphatic rings. The molecule has 3 aromatic carbocycles. The van der Waals surface area contributed by atoms with Crippen LogP contribution in [0.5, 0.6) is 11.5 Å². The second-order valence-electron chi connectivity index (χ2n) is 7.69. The number of benzene rings is 3. The predicted octanol–water partition coefficient (Wildman–Crippen LogP) is 4.33. The van der Waals surface area contributed by atoms with Crippen molar-refractivity contribution in [2.45, 2.75) is 32.5 Å². The van der Waals surface area contributed by atoms with Crippen LogP contribution in [0.2, 0.25) is 0 Å². The lowest BCUT2D eigenvalue weighted by Gasteiger charge is -2.25. The molecule has 0 unspecified atom stereocenters. The fourth-order valence-electron chi connectivity index (χ4n) is 3.68. The first-order valence-electron chi connectivity index (χ1n) is 10.0. The van der Waals surface area contributed by atoms with Crippen LogP contribution < -0.4 is 9.47 Å². The van der Waals surface area contributed by atoms with E-state index in [2.05, 4.69) is 54.3 Å². The first-order chi connectivity index (χ1) is 14.2. The zero-order valence-corrected chi connectivity index (χ0v) is 16.8. The summed E-state index contributed by atoms with van der Waals surface area (Å²) in [5, 5.41) is 10.7. The van der Waals surface area contributed by atoms with Crippen molar-refractivity contribution in [2.75, 3.05) is 13.3 Å². The van der Waals surface area contributed by atoms with E-state index in [-0.39, 0.29) is 6.79 Å². The van der Waals surface area contributed by atoms with Gasteiger partial charge in [-0.05, 0) is 42.2 Å². The lowest BCUT2D eigenvalue weighted by molar-refractivity contribution is 0.104. The average molecular weight is 389 g/mol. The molecule has 29 heavy (non-hydrogen) atoms. The van der Waals surface area contributed by atoms with Gasteiger partial charge in [0.25, 0.3) is 0 Å². The number of ether oxygens (including phenoxy) is 2. The van der Waals surface area contributed by atoms with Gasteiger partial charge in [-0.3, -0.25) is 4.90 Å². The molecule has 4 rings (SSSR count). The highest BCUT2D eigenvalue weighted by molar-refractivity contribution is 5.44. The molecule has 1 aliphatic heterocycles. The number of hydrogen-bond acceptors (Lipinski definition) is 4. The van der Waals surface area contributed by atoms with Crippen LogP contribution in [0.15, 0.2) is 72.8 Å². The quantitative estimate of drug-likeness (QED) is 0.623. The van der Waals surface area contributed by atoms with Crippen molar-refractivity contribution in [3.63, 3.8) is 0 Å². The van der Waals surface area contributed by atoms with Crippen LogP contribution in [0.3, 0.4) is 0 Å². The summed E-state index contributed by atoms with van der Waals surface area (Å²) in [7, 11) is 0. The van der Waals surface area contributed by atoms with Crippen molar-refractivity contribution in [1.82, 2.24) is 4.90 Å². The van der Waals surface area contributed by atoms with E-state index in [1.165, 1.54) is 11.1 Å². The molecule has 4 nitrogen and oxygen atoms in total. The Hall–Kier alpha value is -2.82. The monoisotopic (exact) mass is 389 g/mol. The van der Waals surface area contributed by atoms with Crippen molar-refractivity contribution in [1.29, 1.82) is 0 Å². The van der Waals surface area contributed by atoms with Crippen molar-refractivity contribution >= 4 is 0 Å². The van der Waals surface area contributed by atoms with Crippen LogP contribution >= 0.6 is 0 Å². The van der Waals surface area contributed by atoms with Gasteiger partial charge < -0.3 is 14.6 Å². The number of nitrogens with zero attached hydrogens (tertiary/aromatic N) is 1. The van der Waals surface area contributed by atoms with Gasteiger partial charge in [-0.15, -0.1) is 0 Å². The molecule has 0 saturated heterocycles. The molecule has 0 bridgehead atoms. The maximum atomic E-state index is 10.7. The highest BCUT2D eigenvalue weighted by atomic mass is 16.7. The molecular formula is C25H27NO3. The van der Waals surface area contributed by atoms with E-state index in [0.29, 0.717) is 13.0 Å². The number of aryl methyl sites for hydroxylation is 1. The van der Waals surface area contributed by atoms with Gasteiger partial charge >= 0.3 is 0 Å². The van der Waals surface area contributed by atoms with Gasteiger partial charge in [-0.2, -0.15) is 0 Å². The van der Waals surface area contributed by atoms with Gasteiger partial charge in [0.2, 0.25) is 6.79 Å². The normalized spacial score (nSPS) is 13.6. The number of rotatable bonds is 8. The van der Waals surface area contributed by atoms with Gasteiger partial charge in [0.15, 0.2) is 11.5 Å². The minimum atomic E-state index is -0.433. The Labute approximate surface area is 172 Å². The van der Waals surface area contributed by atoms with Crippen molar-refractivity contribution < 1.29 is 14.6 Å². The van der Waals surface area contributed by atoms with Crippen LogP contribution in [-0.4, -0.2) is 29.4 Å². The van der Waals surface area contributed by atoms with Crippen LogP contribution in [0, 0.1) is 6.92 Å². The first-order valence-corrected chi connectivity index (χ1v) is 10.0. The zero-order chi connectivity index (χ0) is 20.1. The average Bonchev–Trinajstić information content (AvgIpc) is 3.18. The Balaban J connectivity index is 1.47. The zero-order valence-electron chi connectivity index (χ0n) is 16.8. The molecule has 0 saturated carbocycles. The SMILES string of the molecule is Cc1ccc(CN(Cc2ccc3c(c2)OCO3)C[C@@H](O)Cc2ccccc2)cc1. The molecule has 3 aromatic rings. The third-order valence-corrected chi connectivity index (χ3v) is 5.15. The van der Waals surface area contributed by atoms with E-state index in [9.17, 15) is 5.11 Å². The van der Waals surface area contributed by atoms with E-state index < -0.39 is 6.10 Å². The van der Waals surface area contributed by atoms with E-state index >= 15 is 0 Å². The van der Waals surface area contributed by atoms with Gasteiger partial charge in [0, 0.05) is 19.6 Å². The van der Waals surface area contributed by atoms with E-state index in [0.717, 1.165) is 35.7 Å². The molecule has 0 amide bonds. The Morgan fingerprint density at radius 2 is 1.52 bits per heavy atom. The molecule has 150 valence electrons. The minimum absolute atomic E-state index is 0.279. The van der Waals surface area contributed by atoms with E-state index in [1.54, 1.807) is 0 Å². The summed E-state index contributed by atoms with van der Waals surface area (Å²) in [6.45, 7) is 4.48. The molecule has 1 N–H and O–H groups in total. The molecule has 0 aromatic heterocycles. The predicted molar refractivity (Wildman–Crippen MR) is 114 cm³/mol. The summed E-state index contributed by atoms with van der Waals surface area (Å²) in [6, 6.07) is 24.8.